The number of hydrogen-bond donors (Lipinski definition) is 3. The molecule has 6 nitrogen and oxygen atoms in total. The Morgan fingerprint density at radius 2 is 1.63 bits per heavy atom. The van der Waals surface area contributed by atoms with E-state index in [0.717, 1.165) is 16.9 Å². The highest BCUT2D eigenvalue weighted by Gasteiger charge is 2.09. The number of aryl methyl sites for hydroxylation is 1. The van der Waals surface area contributed by atoms with E-state index in [1.165, 1.54) is 13.1 Å². The van der Waals surface area contributed by atoms with Gasteiger partial charge in [0.05, 0.1) is 17.4 Å². The zero-order valence-electron chi connectivity index (χ0n) is 15.1. The average Bonchev–Trinajstić information content (AvgIpc) is 2.63. The van der Waals surface area contributed by atoms with Crippen molar-refractivity contribution in [2.45, 2.75) is 13.8 Å². The van der Waals surface area contributed by atoms with Gasteiger partial charge in [0.15, 0.2) is 0 Å². The molecule has 0 spiro atoms. The molecule has 0 atom stereocenters. The summed E-state index contributed by atoms with van der Waals surface area (Å²) in [5.74, 6) is -0.365. The number of hydrogen-bond acceptors (Lipinski definition) is 4. The first-order valence-electron chi connectivity index (χ1n) is 8.48. The third-order valence-corrected chi connectivity index (χ3v) is 3.87. The van der Waals surface area contributed by atoms with Gasteiger partial charge in [-0.3, -0.25) is 14.6 Å². The minimum Gasteiger partial charge on any atom is -0.354 e. The number of benzene rings is 2. The van der Waals surface area contributed by atoms with E-state index in [1.54, 1.807) is 18.3 Å². The van der Waals surface area contributed by atoms with Gasteiger partial charge in [-0.15, -0.1) is 0 Å². The van der Waals surface area contributed by atoms with Crippen molar-refractivity contribution in [3.05, 3.63) is 78.1 Å². The molecule has 0 radical (unpaired) electrons. The van der Waals surface area contributed by atoms with Gasteiger partial charge in [-0.25, -0.2) is 0 Å². The highest BCUT2D eigenvalue weighted by Crippen LogP contribution is 2.21. The Hall–Kier alpha value is -3.67. The van der Waals surface area contributed by atoms with E-state index in [1.807, 2.05) is 49.4 Å². The van der Waals surface area contributed by atoms with Gasteiger partial charge in [-0.1, -0.05) is 24.3 Å². The molecule has 136 valence electrons. The van der Waals surface area contributed by atoms with Gasteiger partial charge in [-0.05, 0) is 42.8 Å². The van der Waals surface area contributed by atoms with Crippen LogP contribution in [0.2, 0.25) is 0 Å². The number of carbonyl (C=O) groups is 2. The molecule has 6 heteroatoms. The third kappa shape index (κ3) is 4.92. The van der Waals surface area contributed by atoms with Crippen LogP contribution in [-0.4, -0.2) is 16.8 Å². The van der Waals surface area contributed by atoms with E-state index in [9.17, 15) is 9.59 Å². The quantitative estimate of drug-likeness (QED) is 0.632. The fraction of sp³-hybridized carbons (Fsp3) is 0.0952. The second kappa shape index (κ2) is 8.14. The van der Waals surface area contributed by atoms with Crippen molar-refractivity contribution < 1.29 is 9.59 Å². The van der Waals surface area contributed by atoms with Crippen molar-refractivity contribution in [2.75, 3.05) is 16.0 Å². The molecule has 2 amide bonds. The normalized spacial score (nSPS) is 10.1. The molecule has 0 saturated heterocycles. The molecule has 0 aliphatic carbocycles. The minimum absolute atomic E-state index is 0.135. The number of anilines is 4. The van der Waals surface area contributed by atoms with Crippen LogP contribution in [-0.2, 0) is 4.79 Å². The van der Waals surface area contributed by atoms with Crippen LogP contribution in [0.3, 0.4) is 0 Å². The van der Waals surface area contributed by atoms with Crippen molar-refractivity contribution in [3.8, 4) is 0 Å². The Balaban J connectivity index is 1.75. The van der Waals surface area contributed by atoms with Gasteiger partial charge in [0, 0.05) is 30.2 Å². The lowest BCUT2D eigenvalue weighted by molar-refractivity contribution is -0.114. The molecule has 2 aromatic carbocycles. The number of aromatic nitrogens is 1. The standard InChI is InChI=1S/C21H20N4O2/c1-14-6-3-4-9-20(14)25-21(27)16-10-19(13-22-12-16)24-18-8-5-7-17(11-18)23-15(2)26/h3-13,24H,1-2H3,(H,23,26)(H,25,27). The second-order valence-corrected chi connectivity index (χ2v) is 6.12. The van der Waals surface area contributed by atoms with Gasteiger partial charge in [0.25, 0.3) is 5.91 Å². The molecule has 1 aromatic heterocycles. The Labute approximate surface area is 157 Å². The Morgan fingerprint density at radius 1 is 0.852 bits per heavy atom. The summed E-state index contributed by atoms with van der Waals surface area (Å²) in [5, 5.41) is 8.82. The largest absolute Gasteiger partial charge is 0.354 e. The molecular formula is C21H20N4O2. The van der Waals surface area contributed by atoms with Crippen LogP contribution in [0.15, 0.2) is 67.0 Å². The highest BCUT2D eigenvalue weighted by atomic mass is 16.2. The summed E-state index contributed by atoms with van der Waals surface area (Å²) >= 11 is 0. The maximum Gasteiger partial charge on any atom is 0.257 e. The van der Waals surface area contributed by atoms with Crippen LogP contribution < -0.4 is 16.0 Å². The predicted octanol–water partition coefficient (Wildman–Crippen LogP) is 4.34. The van der Waals surface area contributed by atoms with Crippen molar-refractivity contribution in [1.82, 2.24) is 4.98 Å². The van der Waals surface area contributed by atoms with Crippen LogP contribution in [0.25, 0.3) is 0 Å². The molecule has 0 bridgehead atoms. The van der Waals surface area contributed by atoms with E-state index >= 15 is 0 Å². The zero-order valence-corrected chi connectivity index (χ0v) is 15.1. The van der Waals surface area contributed by atoms with Gasteiger partial charge in [-0.2, -0.15) is 0 Å². The SMILES string of the molecule is CC(=O)Nc1cccc(Nc2cncc(C(=O)Nc3ccccc3C)c2)c1. The summed E-state index contributed by atoms with van der Waals surface area (Å²) in [6.45, 7) is 3.40. The second-order valence-electron chi connectivity index (χ2n) is 6.12. The molecular weight excluding hydrogens is 340 g/mol. The summed E-state index contributed by atoms with van der Waals surface area (Å²) in [5.41, 5.74) is 4.34. The molecule has 0 aliphatic rings. The maximum absolute atomic E-state index is 12.5. The lowest BCUT2D eigenvalue weighted by Crippen LogP contribution is -2.13. The zero-order chi connectivity index (χ0) is 19.2. The Bertz CT molecular complexity index is 985. The summed E-state index contributed by atoms with van der Waals surface area (Å²) in [7, 11) is 0. The molecule has 27 heavy (non-hydrogen) atoms. The number of nitrogens with one attached hydrogen (secondary N) is 3. The lowest BCUT2D eigenvalue weighted by atomic mass is 10.2. The van der Waals surface area contributed by atoms with Crippen LogP contribution >= 0.6 is 0 Å². The van der Waals surface area contributed by atoms with Gasteiger partial charge in [0.2, 0.25) is 5.91 Å². The number of pyridine rings is 1. The first-order chi connectivity index (χ1) is 13.0. The van der Waals surface area contributed by atoms with Gasteiger partial charge >= 0.3 is 0 Å². The number of rotatable bonds is 5. The van der Waals surface area contributed by atoms with Crippen molar-refractivity contribution in [1.29, 1.82) is 0 Å². The smallest absolute Gasteiger partial charge is 0.257 e. The summed E-state index contributed by atoms with van der Waals surface area (Å²) in [4.78, 5) is 27.9. The van der Waals surface area contributed by atoms with Gasteiger partial charge < -0.3 is 16.0 Å². The molecule has 1 heterocycles. The molecule has 0 saturated carbocycles. The minimum atomic E-state index is -0.229. The van der Waals surface area contributed by atoms with Gasteiger partial charge in [0.1, 0.15) is 0 Å². The van der Waals surface area contributed by atoms with E-state index in [4.69, 9.17) is 0 Å². The molecule has 0 fully saturated rings. The number of nitrogens with zero attached hydrogens (tertiary/aromatic N) is 1. The van der Waals surface area contributed by atoms with Crippen LogP contribution in [0.4, 0.5) is 22.7 Å². The maximum atomic E-state index is 12.5. The molecule has 0 aliphatic heterocycles. The van der Waals surface area contributed by atoms with E-state index < -0.39 is 0 Å². The predicted molar refractivity (Wildman–Crippen MR) is 107 cm³/mol. The van der Waals surface area contributed by atoms with Crippen molar-refractivity contribution in [3.63, 3.8) is 0 Å². The lowest BCUT2D eigenvalue weighted by Gasteiger charge is -2.11. The molecule has 3 aromatic rings. The topological polar surface area (TPSA) is 83.1 Å². The van der Waals surface area contributed by atoms with Crippen LogP contribution in [0.5, 0.6) is 0 Å². The summed E-state index contributed by atoms with van der Waals surface area (Å²) in [6.07, 6.45) is 3.15. The monoisotopic (exact) mass is 360 g/mol. The fourth-order valence-corrected chi connectivity index (χ4v) is 2.58. The third-order valence-electron chi connectivity index (χ3n) is 3.87. The van der Waals surface area contributed by atoms with E-state index in [0.29, 0.717) is 16.9 Å². The Morgan fingerprint density at radius 3 is 2.41 bits per heavy atom. The first-order valence-corrected chi connectivity index (χ1v) is 8.48. The Kier molecular flexibility index (Phi) is 5.47. The van der Waals surface area contributed by atoms with Crippen LogP contribution in [0, 0.1) is 6.92 Å². The summed E-state index contributed by atoms with van der Waals surface area (Å²) in [6, 6.07) is 16.6. The van der Waals surface area contributed by atoms with E-state index in [-0.39, 0.29) is 11.8 Å². The fourth-order valence-electron chi connectivity index (χ4n) is 2.58. The summed E-state index contributed by atoms with van der Waals surface area (Å²) < 4.78 is 0. The van der Waals surface area contributed by atoms with Crippen molar-refractivity contribution >= 4 is 34.6 Å². The number of para-hydroxylation sites is 1. The molecule has 0 unspecified atom stereocenters. The van der Waals surface area contributed by atoms with Crippen molar-refractivity contribution in [2.24, 2.45) is 0 Å². The highest BCUT2D eigenvalue weighted by molar-refractivity contribution is 6.05. The van der Waals surface area contributed by atoms with Crippen LogP contribution in [0.1, 0.15) is 22.8 Å². The first kappa shape index (κ1) is 18.1. The molecule has 3 N–H and O–H groups in total. The molecule has 3 rings (SSSR count). The number of amides is 2. The van der Waals surface area contributed by atoms with E-state index in [2.05, 4.69) is 20.9 Å². The number of carbonyl (C=O) groups excluding carboxylic acids is 2. The average molecular weight is 360 g/mol.